The molecule has 0 unspecified atom stereocenters. The Balaban J connectivity index is 1.00. The largest absolute Gasteiger partial charge is 0.310 e. The summed E-state index contributed by atoms with van der Waals surface area (Å²) in [6, 6.07) is 82.9. The summed E-state index contributed by atoms with van der Waals surface area (Å²) in [5.74, 6) is 0. The number of rotatable bonds is 7. The van der Waals surface area contributed by atoms with Crippen LogP contribution in [0.3, 0.4) is 0 Å². The van der Waals surface area contributed by atoms with Gasteiger partial charge in [0, 0.05) is 42.5 Å². The number of hydrogen-bond donors (Lipinski definition) is 0. The second-order valence-corrected chi connectivity index (χ2v) is 18.4. The van der Waals surface area contributed by atoms with Crippen LogP contribution in [0.4, 0.5) is 17.1 Å². The van der Waals surface area contributed by atoms with Gasteiger partial charge in [-0.1, -0.05) is 190 Å². The van der Waals surface area contributed by atoms with E-state index in [-0.39, 0.29) is 5.41 Å². The summed E-state index contributed by atoms with van der Waals surface area (Å²) in [6.45, 7) is 4.79. The van der Waals surface area contributed by atoms with Gasteiger partial charge in [0.05, 0.1) is 5.69 Å². The van der Waals surface area contributed by atoms with Crippen LogP contribution in [0, 0.1) is 0 Å². The number of para-hydroxylation sites is 1. The fourth-order valence-electron chi connectivity index (χ4n) is 10.0. The third-order valence-electron chi connectivity index (χ3n) is 13.3. The first-order valence-corrected chi connectivity index (χ1v) is 22.6. The summed E-state index contributed by atoms with van der Waals surface area (Å²) >= 11 is 1.88. The minimum Gasteiger partial charge on any atom is -0.310 e. The number of nitrogens with zero attached hydrogens (tertiary/aromatic N) is 1. The monoisotopic (exact) mass is 821 g/mol. The molecule has 0 bridgehead atoms. The maximum atomic E-state index is 2.48. The second-order valence-electron chi connectivity index (χ2n) is 17.3. The Morgan fingerprint density at radius 3 is 1.81 bits per heavy atom. The van der Waals surface area contributed by atoms with Crippen molar-refractivity contribution in [2.24, 2.45) is 0 Å². The molecule has 1 nitrogen and oxygen atoms in total. The van der Waals surface area contributed by atoms with Crippen LogP contribution in [0.1, 0.15) is 25.0 Å². The number of fused-ring (bicyclic) bond motifs is 7. The van der Waals surface area contributed by atoms with E-state index in [0.29, 0.717) is 0 Å². The Kier molecular flexibility index (Phi) is 8.77. The highest BCUT2D eigenvalue weighted by atomic mass is 32.1. The first-order chi connectivity index (χ1) is 31.0. The van der Waals surface area contributed by atoms with Crippen molar-refractivity contribution in [3.05, 3.63) is 236 Å². The average molecular weight is 822 g/mol. The zero-order chi connectivity index (χ0) is 42.1. The first-order valence-electron chi connectivity index (χ1n) is 21.8. The van der Waals surface area contributed by atoms with Gasteiger partial charge in [-0.05, 0) is 121 Å². The highest BCUT2D eigenvalue weighted by molar-refractivity contribution is 7.26. The number of benzene rings is 10. The van der Waals surface area contributed by atoms with E-state index in [1.807, 2.05) is 11.3 Å². The molecule has 0 fully saturated rings. The van der Waals surface area contributed by atoms with Crippen molar-refractivity contribution in [3.8, 4) is 55.6 Å². The predicted octanol–water partition coefficient (Wildman–Crippen LogP) is 17.7. The molecule has 63 heavy (non-hydrogen) atoms. The molecule has 0 radical (unpaired) electrons. The maximum Gasteiger partial charge on any atom is 0.0540 e. The van der Waals surface area contributed by atoms with E-state index >= 15 is 0 Å². The van der Waals surface area contributed by atoms with Crippen LogP contribution in [0.5, 0.6) is 0 Å². The second kappa shape index (κ2) is 14.8. The van der Waals surface area contributed by atoms with Gasteiger partial charge in [-0.2, -0.15) is 0 Å². The summed E-state index contributed by atoms with van der Waals surface area (Å²) in [4.78, 5) is 2.48. The third-order valence-corrected chi connectivity index (χ3v) is 14.5. The fourth-order valence-corrected chi connectivity index (χ4v) is 11.3. The van der Waals surface area contributed by atoms with Crippen molar-refractivity contribution < 1.29 is 0 Å². The van der Waals surface area contributed by atoms with Crippen molar-refractivity contribution in [1.82, 2.24) is 0 Å². The molecule has 0 saturated carbocycles. The molecule has 1 aromatic heterocycles. The van der Waals surface area contributed by atoms with E-state index in [1.165, 1.54) is 97.7 Å². The van der Waals surface area contributed by atoms with Crippen LogP contribution in [0.2, 0.25) is 0 Å². The van der Waals surface area contributed by atoms with Crippen molar-refractivity contribution in [2.45, 2.75) is 19.3 Å². The molecule has 0 N–H and O–H groups in total. The van der Waals surface area contributed by atoms with Crippen LogP contribution in [-0.2, 0) is 5.41 Å². The van der Waals surface area contributed by atoms with Crippen LogP contribution >= 0.6 is 11.3 Å². The van der Waals surface area contributed by atoms with Gasteiger partial charge >= 0.3 is 0 Å². The average Bonchev–Trinajstić information content (AvgIpc) is 3.83. The Morgan fingerprint density at radius 2 is 0.937 bits per heavy atom. The zero-order valence-electron chi connectivity index (χ0n) is 35.2. The molecular weight excluding hydrogens is 779 g/mol. The number of anilines is 3. The molecule has 298 valence electrons. The van der Waals surface area contributed by atoms with Crippen LogP contribution in [0.15, 0.2) is 224 Å². The van der Waals surface area contributed by atoms with E-state index < -0.39 is 0 Å². The minimum absolute atomic E-state index is 0.218. The summed E-state index contributed by atoms with van der Waals surface area (Å²) in [6.07, 6.45) is 0. The molecule has 12 rings (SSSR count). The highest BCUT2D eigenvalue weighted by Crippen LogP contribution is 2.52. The number of thiophene rings is 1. The summed E-state index contributed by atoms with van der Waals surface area (Å²) < 4.78 is 2.64. The quantitative estimate of drug-likeness (QED) is 0.155. The van der Waals surface area contributed by atoms with Gasteiger partial charge in [-0.25, -0.2) is 0 Å². The minimum atomic E-state index is -0.218. The Hall–Kier alpha value is -7.52. The Morgan fingerprint density at radius 1 is 0.349 bits per heavy atom. The lowest BCUT2D eigenvalue weighted by Crippen LogP contribution is -2.17. The number of hydrogen-bond acceptors (Lipinski definition) is 2. The SMILES string of the molecule is CC1(C)c2cc(-c3ccc4ccccc4c3)ccc2-c2ccc(N(c3cccc(-c4cccc5c4sc4ccccc45)c3)c3ccccc3-c3ccc(-c4ccccc4)cc3)cc21. The Bertz CT molecular complexity index is 3540. The lowest BCUT2D eigenvalue weighted by Gasteiger charge is -2.30. The molecule has 0 atom stereocenters. The van der Waals surface area contributed by atoms with Gasteiger partial charge < -0.3 is 4.90 Å². The summed E-state index contributed by atoms with van der Waals surface area (Å²) in [7, 11) is 0. The van der Waals surface area contributed by atoms with Crippen molar-refractivity contribution in [2.75, 3.05) is 4.90 Å². The molecule has 0 aliphatic heterocycles. The van der Waals surface area contributed by atoms with E-state index in [2.05, 4.69) is 243 Å². The zero-order valence-corrected chi connectivity index (χ0v) is 36.0. The van der Waals surface area contributed by atoms with Gasteiger partial charge in [0.15, 0.2) is 0 Å². The maximum absolute atomic E-state index is 2.48. The lowest BCUT2D eigenvalue weighted by molar-refractivity contribution is 0.660. The lowest BCUT2D eigenvalue weighted by atomic mass is 9.81. The van der Waals surface area contributed by atoms with E-state index in [0.717, 1.165) is 17.1 Å². The standard InChI is InChI=1S/C61H43NS/c1-61(2)56-38-46(45-31-28-41-16-6-7-17-44(41)36-45)32-34-52(56)53-35-33-49(39-57(53)61)62(58-24-10-8-20-50(58)43-29-26-42(27-30-43)40-14-4-3-5-15-40)48-19-12-18-47(37-48)51-22-13-23-55-54-21-9-11-25-59(54)63-60(51)55/h3-39H,1-2H3. The van der Waals surface area contributed by atoms with Gasteiger partial charge in [0.25, 0.3) is 0 Å². The topological polar surface area (TPSA) is 3.24 Å². The van der Waals surface area contributed by atoms with Gasteiger partial charge in [0.1, 0.15) is 0 Å². The van der Waals surface area contributed by atoms with Crippen molar-refractivity contribution >= 4 is 59.3 Å². The van der Waals surface area contributed by atoms with Crippen LogP contribution in [-0.4, -0.2) is 0 Å². The summed E-state index contributed by atoms with van der Waals surface area (Å²) in [5.41, 5.74) is 18.2. The van der Waals surface area contributed by atoms with Gasteiger partial charge in [0.2, 0.25) is 0 Å². The Labute approximate surface area is 372 Å². The molecule has 1 aliphatic rings. The molecular formula is C61H43NS. The molecule has 1 aliphatic carbocycles. The van der Waals surface area contributed by atoms with Crippen LogP contribution in [0.25, 0.3) is 86.6 Å². The van der Waals surface area contributed by atoms with E-state index in [1.54, 1.807) is 0 Å². The molecule has 0 saturated heterocycles. The van der Waals surface area contributed by atoms with E-state index in [9.17, 15) is 0 Å². The molecule has 10 aromatic carbocycles. The van der Waals surface area contributed by atoms with Crippen molar-refractivity contribution in [1.29, 1.82) is 0 Å². The third kappa shape index (κ3) is 6.29. The van der Waals surface area contributed by atoms with E-state index in [4.69, 9.17) is 0 Å². The highest BCUT2D eigenvalue weighted by Gasteiger charge is 2.36. The first kappa shape index (κ1) is 37.3. The molecule has 2 heteroatoms. The molecule has 1 heterocycles. The predicted molar refractivity (Wildman–Crippen MR) is 271 cm³/mol. The van der Waals surface area contributed by atoms with Crippen LogP contribution < -0.4 is 4.90 Å². The molecule has 0 amide bonds. The molecule has 11 aromatic rings. The van der Waals surface area contributed by atoms with Gasteiger partial charge in [-0.3, -0.25) is 0 Å². The molecule has 0 spiro atoms. The normalized spacial score (nSPS) is 12.7. The van der Waals surface area contributed by atoms with Crippen molar-refractivity contribution in [3.63, 3.8) is 0 Å². The summed E-state index contributed by atoms with van der Waals surface area (Å²) in [5, 5.41) is 5.15. The smallest absolute Gasteiger partial charge is 0.0540 e. The fraction of sp³-hybridized carbons (Fsp3) is 0.0492. The van der Waals surface area contributed by atoms with Gasteiger partial charge in [-0.15, -0.1) is 11.3 Å².